The highest BCUT2D eigenvalue weighted by Crippen LogP contribution is 2.27. The molecule has 0 aromatic heterocycles. The summed E-state index contributed by atoms with van der Waals surface area (Å²) in [7, 11) is -2.08. The van der Waals surface area contributed by atoms with Crippen LogP contribution in [0.3, 0.4) is 0 Å². The Morgan fingerprint density at radius 2 is 1.76 bits per heavy atom. The third-order valence-electron chi connectivity index (χ3n) is 5.70. The van der Waals surface area contributed by atoms with Crippen molar-refractivity contribution in [3.05, 3.63) is 53.6 Å². The van der Waals surface area contributed by atoms with Gasteiger partial charge in [0.15, 0.2) is 0 Å². The van der Waals surface area contributed by atoms with Gasteiger partial charge in [0.05, 0.1) is 25.0 Å². The molecule has 2 aromatic carbocycles. The number of methoxy groups -OCH3 is 1. The molecule has 1 N–H and O–H groups in total. The molecular formula is C24H30N2O6S. The van der Waals surface area contributed by atoms with Crippen molar-refractivity contribution in [2.24, 2.45) is 5.92 Å². The van der Waals surface area contributed by atoms with Crippen molar-refractivity contribution in [1.82, 2.24) is 4.31 Å². The van der Waals surface area contributed by atoms with Crippen LogP contribution in [0.1, 0.15) is 30.9 Å². The average Bonchev–Trinajstić information content (AvgIpc) is 2.80. The number of rotatable bonds is 8. The lowest BCUT2D eigenvalue weighted by Crippen LogP contribution is -2.41. The predicted molar refractivity (Wildman–Crippen MR) is 125 cm³/mol. The molecule has 9 heteroatoms. The Balaban J connectivity index is 1.55. The van der Waals surface area contributed by atoms with Crippen molar-refractivity contribution in [2.75, 3.05) is 32.1 Å². The van der Waals surface area contributed by atoms with Crippen molar-refractivity contribution in [2.45, 2.75) is 38.0 Å². The number of nitrogens with zero attached hydrogens (tertiary/aromatic N) is 1. The van der Waals surface area contributed by atoms with E-state index in [1.165, 1.54) is 4.31 Å². The lowest BCUT2D eigenvalue weighted by Gasteiger charge is -2.30. The molecule has 178 valence electrons. The zero-order chi connectivity index (χ0) is 24.0. The van der Waals surface area contributed by atoms with Gasteiger partial charge in [-0.05, 0) is 68.1 Å². The quantitative estimate of drug-likeness (QED) is 0.590. The molecule has 0 spiro atoms. The molecule has 0 radical (unpaired) electrons. The Morgan fingerprint density at radius 3 is 2.33 bits per heavy atom. The summed E-state index contributed by atoms with van der Waals surface area (Å²) in [5.41, 5.74) is 2.19. The van der Waals surface area contributed by atoms with Crippen LogP contribution in [0, 0.1) is 12.8 Å². The molecule has 1 heterocycles. The van der Waals surface area contributed by atoms with Gasteiger partial charge in [0.1, 0.15) is 5.75 Å². The van der Waals surface area contributed by atoms with Crippen LogP contribution in [0.15, 0.2) is 47.4 Å². The highest BCUT2D eigenvalue weighted by molar-refractivity contribution is 7.89. The van der Waals surface area contributed by atoms with Gasteiger partial charge >= 0.3 is 5.97 Å². The normalized spacial score (nSPS) is 15.1. The Hall–Kier alpha value is -2.91. The van der Waals surface area contributed by atoms with E-state index in [0.29, 0.717) is 30.9 Å². The number of carbonyl (C=O) groups is 2. The van der Waals surface area contributed by atoms with Gasteiger partial charge in [-0.1, -0.05) is 12.1 Å². The summed E-state index contributed by atoms with van der Waals surface area (Å²) < 4.78 is 37.6. The number of esters is 1. The number of carbonyl (C=O) groups excluding carboxylic acids is 2. The van der Waals surface area contributed by atoms with Crippen LogP contribution in [0.5, 0.6) is 5.75 Å². The SMILES string of the molecule is CCOC(=O)Cc1ccc(NC(=O)C2CCN(S(=O)(=O)c3ccc(OC)c(C)c3)CC2)cc1. The Kier molecular flexibility index (Phi) is 8.10. The third-order valence-corrected chi connectivity index (χ3v) is 7.60. The average molecular weight is 475 g/mol. The number of anilines is 1. The first-order valence-corrected chi connectivity index (χ1v) is 12.4. The molecule has 8 nitrogen and oxygen atoms in total. The predicted octanol–water partition coefficient (Wildman–Crippen LogP) is 3.15. The molecule has 1 saturated heterocycles. The molecule has 3 rings (SSSR count). The fourth-order valence-corrected chi connectivity index (χ4v) is 5.40. The standard InChI is InChI=1S/C24H30N2O6S/c1-4-32-23(27)16-18-5-7-20(8-6-18)25-24(28)19-11-13-26(14-12-19)33(29,30)21-9-10-22(31-3)17(2)15-21/h5-10,15,19H,4,11-14,16H2,1-3H3,(H,25,28). The number of aryl methyl sites for hydroxylation is 1. The van der Waals surface area contributed by atoms with Crippen molar-refractivity contribution >= 4 is 27.6 Å². The molecule has 0 unspecified atom stereocenters. The zero-order valence-corrected chi connectivity index (χ0v) is 20.0. The first kappa shape index (κ1) is 24.7. The van der Waals surface area contributed by atoms with Crippen molar-refractivity contribution in [1.29, 1.82) is 0 Å². The maximum absolute atomic E-state index is 13.0. The molecule has 1 aliphatic heterocycles. The number of benzene rings is 2. The minimum atomic E-state index is -3.63. The smallest absolute Gasteiger partial charge is 0.310 e. The van der Waals surface area contributed by atoms with E-state index < -0.39 is 10.0 Å². The van der Waals surface area contributed by atoms with Gasteiger partial charge in [-0.3, -0.25) is 9.59 Å². The van der Waals surface area contributed by atoms with E-state index in [1.54, 1.807) is 63.4 Å². The molecular weight excluding hydrogens is 444 g/mol. The second-order valence-electron chi connectivity index (χ2n) is 7.98. The van der Waals surface area contributed by atoms with Crippen LogP contribution in [0.25, 0.3) is 0 Å². The van der Waals surface area contributed by atoms with Gasteiger partial charge < -0.3 is 14.8 Å². The molecule has 0 bridgehead atoms. The number of hydrogen-bond acceptors (Lipinski definition) is 6. The largest absolute Gasteiger partial charge is 0.496 e. The fraction of sp³-hybridized carbons (Fsp3) is 0.417. The summed E-state index contributed by atoms with van der Waals surface area (Å²) in [5.74, 6) is -0.0576. The van der Waals surface area contributed by atoms with E-state index in [2.05, 4.69) is 5.32 Å². The summed E-state index contributed by atoms with van der Waals surface area (Å²) in [6, 6.07) is 11.9. The van der Waals surface area contributed by atoms with E-state index in [1.807, 2.05) is 0 Å². The zero-order valence-electron chi connectivity index (χ0n) is 19.2. The summed E-state index contributed by atoms with van der Waals surface area (Å²) >= 11 is 0. The molecule has 0 saturated carbocycles. The van der Waals surface area contributed by atoms with Crippen LogP contribution < -0.4 is 10.1 Å². The number of amides is 1. The molecule has 2 aromatic rings. The first-order valence-electron chi connectivity index (χ1n) is 10.9. The molecule has 0 aliphatic carbocycles. The van der Waals surface area contributed by atoms with E-state index in [-0.39, 0.29) is 42.2 Å². The van der Waals surface area contributed by atoms with Crippen LogP contribution in [-0.2, 0) is 30.8 Å². The van der Waals surface area contributed by atoms with Gasteiger partial charge in [0.2, 0.25) is 15.9 Å². The van der Waals surface area contributed by atoms with E-state index in [0.717, 1.165) is 11.1 Å². The molecule has 1 fully saturated rings. The maximum atomic E-state index is 13.0. The van der Waals surface area contributed by atoms with Crippen LogP contribution >= 0.6 is 0 Å². The number of nitrogens with one attached hydrogen (secondary N) is 1. The molecule has 1 amide bonds. The molecule has 1 aliphatic rings. The van der Waals surface area contributed by atoms with Gasteiger partial charge in [-0.15, -0.1) is 0 Å². The monoisotopic (exact) mass is 474 g/mol. The van der Waals surface area contributed by atoms with Crippen LogP contribution in [0.4, 0.5) is 5.69 Å². The summed E-state index contributed by atoms with van der Waals surface area (Å²) in [5, 5.41) is 2.89. The molecule has 33 heavy (non-hydrogen) atoms. The third kappa shape index (κ3) is 6.11. The lowest BCUT2D eigenvalue weighted by atomic mass is 9.97. The minimum absolute atomic E-state index is 0.134. The number of sulfonamides is 1. The van der Waals surface area contributed by atoms with Crippen molar-refractivity contribution in [3.63, 3.8) is 0 Å². The second-order valence-corrected chi connectivity index (χ2v) is 9.92. The van der Waals surface area contributed by atoms with Gasteiger partial charge in [-0.25, -0.2) is 8.42 Å². The molecule has 0 atom stereocenters. The van der Waals surface area contributed by atoms with E-state index >= 15 is 0 Å². The Labute approximate surface area is 194 Å². The van der Waals surface area contributed by atoms with Crippen LogP contribution in [0.2, 0.25) is 0 Å². The summed E-state index contributed by atoms with van der Waals surface area (Å²) in [6.45, 7) is 4.47. The number of piperidine rings is 1. The number of hydrogen-bond donors (Lipinski definition) is 1. The highest BCUT2D eigenvalue weighted by atomic mass is 32.2. The lowest BCUT2D eigenvalue weighted by molar-refractivity contribution is -0.142. The maximum Gasteiger partial charge on any atom is 0.310 e. The highest BCUT2D eigenvalue weighted by Gasteiger charge is 2.32. The Bertz CT molecular complexity index is 1090. The topological polar surface area (TPSA) is 102 Å². The second kappa shape index (κ2) is 10.8. The van der Waals surface area contributed by atoms with Crippen molar-refractivity contribution in [3.8, 4) is 5.75 Å². The van der Waals surface area contributed by atoms with E-state index in [4.69, 9.17) is 9.47 Å². The minimum Gasteiger partial charge on any atom is -0.496 e. The summed E-state index contributed by atoms with van der Waals surface area (Å²) in [4.78, 5) is 24.5. The van der Waals surface area contributed by atoms with Gasteiger partial charge in [0, 0.05) is 24.7 Å². The summed E-state index contributed by atoms with van der Waals surface area (Å²) in [6.07, 6.45) is 1.07. The van der Waals surface area contributed by atoms with Crippen LogP contribution in [-0.4, -0.2) is 51.4 Å². The number of ether oxygens (including phenoxy) is 2. The first-order chi connectivity index (χ1) is 15.7. The van der Waals surface area contributed by atoms with Crippen molar-refractivity contribution < 1.29 is 27.5 Å². The fourth-order valence-electron chi connectivity index (χ4n) is 3.85. The Morgan fingerprint density at radius 1 is 1.09 bits per heavy atom. The van der Waals surface area contributed by atoms with Gasteiger partial charge in [-0.2, -0.15) is 4.31 Å². The van der Waals surface area contributed by atoms with E-state index in [9.17, 15) is 18.0 Å². The van der Waals surface area contributed by atoms with Gasteiger partial charge in [0.25, 0.3) is 0 Å².